The normalized spacial score (nSPS) is 11.1. The molecule has 4 heteroatoms. The van der Waals surface area contributed by atoms with Crippen LogP contribution >= 0.6 is 0 Å². The van der Waals surface area contributed by atoms with Gasteiger partial charge in [-0.15, -0.1) is 0 Å². The molecule has 1 atom stereocenters. The molecule has 0 heterocycles. The molecule has 0 saturated heterocycles. The van der Waals surface area contributed by atoms with Crippen molar-refractivity contribution in [2.75, 3.05) is 21.3 Å². The number of hydrogen-bond acceptors (Lipinski definition) is 4. The minimum absolute atomic E-state index is 0.202. The van der Waals surface area contributed by atoms with Crippen molar-refractivity contribution in [2.45, 2.75) is 13.0 Å². The van der Waals surface area contributed by atoms with E-state index in [2.05, 4.69) is 11.8 Å². The molecule has 1 aromatic carbocycles. The molecular formula is C13H17NO3. The van der Waals surface area contributed by atoms with E-state index in [4.69, 9.17) is 19.9 Å². The number of benzene rings is 1. The Morgan fingerprint density at radius 3 is 1.94 bits per heavy atom. The van der Waals surface area contributed by atoms with Gasteiger partial charge in [0.05, 0.1) is 27.4 Å². The maximum Gasteiger partial charge on any atom is 0.141 e. The molecule has 0 fully saturated rings. The van der Waals surface area contributed by atoms with E-state index in [1.165, 1.54) is 0 Å². The molecule has 0 aromatic heterocycles. The van der Waals surface area contributed by atoms with Gasteiger partial charge >= 0.3 is 0 Å². The maximum atomic E-state index is 5.60. The summed E-state index contributed by atoms with van der Waals surface area (Å²) in [5, 5.41) is 0. The molecule has 0 saturated carbocycles. The summed E-state index contributed by atoms with van der Waals surface area (Å²) in [7, 11) is 4.73. The van der Waals surface area contributed by atoms with Crippen molar-refractivity contribution in [3.8, 4) is 29.1 Å². The molecule has 0 spiro atoms. The Labute approximate surface area is 102 Å². The van der Waals surface area contributed by atoms with Crippen LogP contribution in [0.25, 0.3) is 0 Å². The van der Waals surface area contributed by atoms with Crippen molar-refractivity contribution in [1.82, 2.24) is 0 Å². The van der Waals surface area contributed by atoms with E-state index in [1.807, 2.05) is 6.92 Å². The van der Waals surface area contributed by atoms with Crippen LogP contribution in [-0.4, -0.2) is 27.4 Å². The van der Waals surface area contributed by atoms with E-state index in [1.54, 1.807) is 33.5 Å². The van der Waals surface area contributed by atoms with Crippen LogP contribution in [0, 0.1) is 11.8 Å². The fraction of sp³-hybridized carbons (Fsp3) is 0.385. The molecule has 1 unspecified atom stereocenters. The van der Waals surface area contributed by atoms with Gasteiger partial charge in [0, 0.05) is 12.1 Å². The molecule has 0 aliphatic rings. The first-order valence-electron chi connectivity index (χ1n) is 5.19. The average Bonchev–Trinajstić information content (AvgIpc) is 2.34. The summed E-state index contributed by atoms with van der Waals surface area (Å²) in [6.45, 7) is 1.81. The van der Waals surface area contributed by atoms with E-state index in [-0.39, 0.29) is 6.04 Å². The Bertz CT molecular complexity index is 419. The van der Waals surface area contributed by atoms with Gasteiger partial charge < -0.3 is 19.9 Å². The number of hydrogen-bond donors (Lipinski definition) is 1. The van der Waals surface area contributed by atoms with E-state index >= 15 is 0 Å². The van der Waals surface area contributed by atoms with Gasteiger partial charge in [-0.3, -0.25) is 0 Å². The largest absolute Gasteiger partial charge is 0.496 e. The van der Waals surface area contributed by atoms with Gasteiger partial charge in [-0.05, 0) is 6.92 Å². The lowest BCUT2D eigenvalue weighted by molar-refractivity contribution is 0.374. The summed E-state index contributed by atoms with van der Waals surface area (Å²) in [6.07, 6.45) is 0. The molecular weight excluding hydrogens is 218 g/mol. The van der Waals surface area contributed by atoms with Gasteiger partial charge in [-0.1, -0.05) is 11.8 Å². The molecule has 92 valence electrons. The molecule has 1 rings (SSSR count). The predicted octanol–water partition coefficient (Wildman–Crippen LogP) is 1.41. The molecule has 0 amide bonds. The molecule has 0 aliphatic carbocycles. The predicted molar refractivity (Wildman–Crippen MR) is 66.6 cm³/mol. The number of ether oxygens (including phenoxy) is 3. The molecule has 0 radical (unpaired) electrons. The Kier molecular flexibility index (Phi) is 4.68. The third-order valence-corrected chi connectivity index (χ3v) is 2.14. The van der Waals surface area contributed by atoms with Crippen LogP contribution in [0.5, 0.6) is 17.2 Å². The van der Waals surface area contributed by atoms with Crippen LogP contribution in [0.1, 0.15) is 12.5 Å². The quantitative estimate of drug-likeness (QED) is 0.805. The number of methoxy groups -OCH3 is 3. The van der Waals surface area contributed by atoms with Gasteiger partial charge in [0.1, 0.15) is 22.8 Å². The zero-order valence-corrected chi connectivity index (χ0v) is 10.5. The van der Waals surface area contributed by atoms with Crippen LogP contribution in [0.2, 0.25) is 0 Å². The van der Waals surface area contributed by atoms with Crippen molar-refractivity contribution in [1.29, 1.82) is 0 Å². The average molecular weight is 235 g/mol. The standard InChI is InChI=1S/C13H17NO3/c1-9(14)5-6-11-12(16-3)7-10(15-2)8-13(11)17-4/h7-9H,14H2,1-4H3. The summed E-state index contributed by atoms with van der Waals surface area (Å²) in [5.41, 5.74) is 6.27. The summed E-state index contributed by atoms with van der Waals surface area (Å²) < 4.78 is 15.7. The van der Waals surface area contributed by atoms with Crippen molar-refractivity contribution in [3.05, 3.63) is 17.7 Å². The Hall–Kier alpha value is -1.86. The van der Waals surface area contributed by atoms with E-state index in [9.17, 15) is 0 Å². The third kappa shape index (κ3) is 3.30. The second-order valence-electron chi connectivity index (χ2n) is 3.46. The molecule has 0 aliphatic heterocycles. The zero-order valence-electron chi connectivity index (χ0n) is 10.5. The SMILES string of the molecule is COc1cc(OC)c(C#CC(C)N)c(OC)c1. The second-order valence-corrected chi connectivity index (χ2v) is 3.46. The lowest BCUT2D eigenvalue weighted by Crippen LogP contribution is -2.11. The zero-order chi connectivity index (χ0) is 12.8. The minimum Gasteiger partial charge on any atom is -0.496 e. The monoisotopic (exact) mass is 235 g/mol. The fourth-order valence-corrected chi connectivity index (χ4v) is 1.31. The molecule has 1 aromatic rings. The van der Waals surface area contributed by atoms with Gasteiger partial charge in [-0.25, -0.2) is 0 Å². The maximum absolute atomic E-state index is 5.60. The summed E-state index contributed by atoms with van der Waals surface area (Å²) in [6, 6.07) is 3.31. The van der Waals surface area contributed by atoms with Crippen LogP contribution in [0.4, 0.5) is 0 Å². The van der Waals surface area contributed by atoms with Gasteiger partial charge in [-0.2, -0.15) is 0 Å². The van der Waals surface area contributed by atoms with Gasteiger partial charge in [0.15, 0.2) is 0 Å². The Morgan fingerprint density at radius 2 is 1.59 bits per heavy atom. The molecule has 0 bridgehead atoms. The smallest absolute Gasteiger partial charge is 0.141 e. The Morgan fingerprint density at radius 1 is 1.06 bits per heavy atom. The van der Waals surface area contributed by atoms with E-state index in [0.717, 1.165) is 0 Å². The van der Waals surface area contributed by atoms with Crippen LogP contribution in [-0.2, 0) is 0 Å². The van der Waals surface area contributed by atoms with E-state index < -0.39 is 0 Å². The lowest BCUT2D eigenvalue weighted by atomic mass is 10.1. The lowest BCUT2D eigenvalue weighted by Gasteiger charge is -2.11. The molecule has 2 N–H and O–H groups in total. The minimum atomic E-state index is -0.202. The molecule has 4 nitrogen and oxygen atoms in total. The highest BCUT2D eigenvalue weighted by molar-refractivity contribution is 5.59. The number of nitrogens with two attached hydrogens (primary N) is 1. The summed E-state index contributed by atoms with van der Waals surface area (Å²) in [5.74, 6) is 7.70. The molecule has 17 heavy (non-hydrogen) atoms. The van der Waals surface area contributed by atoms with Crippen LogP contribution < -0.4 is 19.9 Å². The fourth-order valence-electron chi connectivity index (χ4n) is 1.31. The highest BCUT2D eigenvalue weighted by Gasteiger charge is 2.11. The van der Waals surface area contributed by atoms with Crippen molar-refractivity contribution in [3.63, 3.8) is 0 Å². The van der Waals surface area contributed by atoms with Crippen LogP contribution in [0.3, 0.4) is 0 Å². The van der Waals surface area contributed by atoms with Crippen LogP contribution in [0.15, 0.2) is 12.1 Å². The van der Waals surface area contributed by atoms with Gasteiger partial charge in [0.25, 0.3) is 0 Å². The Balaban J connectivity index is 3.31. The van der Waals surface area contributed by atoms with E-state index in [0.29, 0.717) is 22.8 Å². The highest BCUT2D eigenvalue weighted by atomic mass is 16.5. The summed E-state index contributed by atoms with van der Waals surface area (Å²) >= 11 is 0. The second kappa shape index (κ2) is 6.02. The van der Waals surface area contributed by atoms with Crippen molar-refractivity contribution in [2.24, 2.45) is 5.73 Å². The van der Waals surface area contributed by atoms with Gasteiger partial charge in [0.2, 0.25) is 0 Å². The van der Waals surface area contributed by atoms with Crippen molar-refractivity contribution >= 4 is 0 Å². The topological polar surface area (TPSA) is 53.7 Å². The van der Waals surface area contributed by atoms with Crippen molar-refractivity contribution < 1.29 is 14.2 Å². The first-order valence-corrected chi connectivity index (χ1v) is 5.19. The first kappa shape index (κ1) is 13.2. The number of rotatable bonds is 3. The highest BCUT2D eigenvalue weighted by Crippen LogP contribution is 2.33. The third-order valence-electron chi connectivity index (χ3n) is 2.14. The first-order chi connectivity index (χ1) is 8.12. The summed E-state index contributed by atoms with van der Waals surface area (Å²) in [4.78, 5) is 0.